The van der Waals surface area contributed by atoms with E-state index in [0.29, 0.717) is 12.5 Å². The second kappa shape index (κ2) is 6.90. The fourth-order valence-corrected chi connectivity index (χ4v) is 3.78. The molecule has 2 unspecified atom stereocenters. The third-order valence-electron chi connectivity index (χ3n) is 5.56. The van der Waals surface area contributed by atoms with Crippen LogP contribution in [0.2, 0.25) is 0 Å². The third kappa shape index (κ3) is 3.34. The van der Waals surface area contributed by atoms with Crippen molar-refractivity contribution in [1.82, 2.24) is 5.32 Å². The Morgan fingerprint density at radius 2 is 1.90 bits per heavy atom. The van der Waals surface area contributed by atoms with E-state index in [1.807, 2.05) is 0 Å². The standard InChI is InChI=1S/C16H30N2O2/c1-12-6-8-16(11-17,9-7-12)15(20)18-14-5-3-2-4-13(14)10-19/h12-14,19H,2-11,17H2,1H3,(H,18,20). The van der Waals surface area contributed by atoms with Gasteiger partial charge in [-0.2, -0.15) is 0 Å². The van der Waals surface area contributed by atoms with E-state index >= 15 is 0 Å². The Morgan fingerprint density at radius 1 is 1.25 bits per heavy atom. The minimum atomic E-state index is -0.357. The molecule has 2 rings (SSSR count). The largest absolute Gasteiger partial charge is 0.396 e. The van der Waals surface area contributed by atoms with Crippen LogP contribution in [0.3, 0.4) is 0 Å². The average Bonchev–Trinajstić information content (AvgIpc) is 2.49. The van der Waals surface area contributed by atoms with Gasteiger partial charge in [0.25, 0.3) is 0 Å². The van der Waals surface area contributed by atoms with E-state index in [-0.39, 0.29) is 29.9 Å². The summed E-state index contributed by atoms with van der Waals surface area (Å²) in [5, 5.41) is 12.7. The Labute approximate surface area is 122 Å². The van der Waals surface area contributed by atoms with Gasteiger partial charge in [-0.3, -0.25) is 4.79 Å². The summed E-state index contributed by atoms with van der Waals surface area (Å²) in [6.07, 6.45) is 8.34. The van der Waals surface area contributed by atoms with Crippen molar-refractivity contribution in [2.45, 2.75) is 64.3 Å². The molecule has 20 heavy (non-hydrogen) atoms. The number of nitrogens with two attached hydrogens (primary N) is 1. The van der Waals surface area contributed by atoms with Crippen LogP contribution in [0.5, 0.6) is 0 Å². The Hall–Kier alpha value is -0.610. The Bertz CT molecular complexity index is 324. The molecule has 0 bridgehead atoms. The molecule has 0 saturated heterocycles. The number of aliphatic hydroxyl groups excluding tert-OH is 1. The SMILES string of the molecule is CC1CCC(CN)(C(=O)NC2CCCCC2CO)CC1. The summed E-state index contributed by atoms with van der Waals surface area (Å²) in [6.45, 7) is 2.88. The third-order valence-corrected chi connectivity index (χ3v) is 5.56. The van der Waals surface area contributed by atoms with Gasteiger partial charge < -0.3 is 16.2 Å². The van der Waals surface area contributed by atoms with Crippen molar-refractivity contribution in [3.63, 3.8) is 0 Å². The number of rotatable bonds is 4. The van der Waals surface area contributed by atoms with Gasteiger partial charge in [0.05, 0.1) is 5.41 Å². The molecule has 0 aromatic carbocycles. The Balaban J connectivity index is 1.98. The highest BCUT2D eigenvalue weighted by Crippen LogP contribution is 2.39. The fraction of sp³-hybridized carbons (Fsp3) is 0.938. The van der Waals surface area contributed by atoms with Crippen molar-refractivity contribution in [3.05, 3.63) is 0 Å². The highest BCUT2D eigenvalue weighted by Gasteiger charge is 2.41. The maximum Gasteiger partial charge on any atom is 0.227 e. The van der Waals surface area contributed by atoms with Crippen LogP contribution < -0.4 is 11.1 Å². The molecule has 4 heteroatoms. The Kier molecular flexibility index (Phi) is 5.44. The highest BCUT2D eigenvalue weighted by atomic mass is 16.3. The lowest BCUT2D eigenvalue weighted by molar-refractivity contribution is -0.134. The van der Waals surface area contributed by atoms with E-state index in [4.69, 9.17) is 5.73 Å². The maximum absolute atomic E-state index is 12.7. The summed E-state index contributed by atoms with van der Waals surface area (Å²) in [6, 6.07) is 0.143. The van der Waals surface area contributed by atoms with E-state index in [1.54, 1.807) is 0 Å². The number of carbonyl (C=O) groups excluding carboxylic acids is 1. The average molecular weight is 282 g/mol. The minimum Gasteiger partial charge on any atom is -0.396 e. The second-order valence-corrected chi connectivity index (χ2v) is 6.97. The van der Waals surface area contributed by atoms with Gasteiger partial charge in [0.2, 0.25) is 5.91 Å². The van der Waals surface area contributed by atoms with E-state index in [0.717, 1.165) is 51.4 Å². The lowest BCUT2D eigenvalue weighted by atomic mass is 9.70. The van der Waals surface area contributed by atoms with E-state index in [1.165, 1.54) is 0 Å². The molecule has 2 saturated carbocycles. The van der Waals surface area contributed by atoms with Gasteiger partial charge >= 0.3 is 0 Å². The van der Waals surface area contributed by atoms with Gasteiger partial charge in [-0.25, -0.2) is 0 Å². The van der Waals surface area contributed by atoms with Crippen LogP contribution in [0.4, 0.5) is 0 Å². The van der Waals surface area contributed by atoms with Crippen LogP contribution in [0.1, 0.15) is 58.3 Å². The maximum atomic E-state index is 12.7. The monoisotopic (exact) mass is 282 g/mol. The number of amides is 1. The van der Waals surface area contributed by atoms with Gasteiger partial charge in [0, 0.05) is 25.1 Å². The normalized spacial score (nSPS) is 38.5. The summed E-state index contributed by atoms with van der Waals surface area (Å²) in [5.41, 5.74) is 5.59. The van der Waals surface area contributed by atoms with Crippen molar-refractivity contribution >= 4 is 5.91 Å². The Morgan fingerprint density at radius 3 is 2.50 bits per heavy atom. The number of aliphatic hydroxyl groups is 1. The first-order valence-corrected chi connectivity index (χ1v) is 8.23. The van der Waals surface area contributed by atoms with Crippen LogP contribution in [-0.2, 0) is 4.79 Å². The molecule has 4 nitrogen and oxygen atoms in total. The predicted molar refractivity (Wildman–Crippen MR) is 80.1 cm³/mol. The van der Waals surface area contributed by atoms with Crippen molar-refractivity contribution in [1.29, 1.82) is 0 Å². The summed E-state index contributed by atoms with van der Waals surface area (Å²) in [7, 11) is 0. The molecule has 2 aliphatic carbocycles. The minimum absolute atomic E-state index is 0.136. The molecule has 2 fully saturated rings. The molecule has 0 aromatic rings. The lowest BCUT2D eigenvalue weighted by Crippen LogP contribution is -2.53. The summed E-state index contributed by atoms with van der Waals surface area (Å²) >= 11 is 0. The van der Waals surface area contributed by atoms with Crippen molar-refractivity contribution in [3.8, 4) is 0 Å². The number of nitrogens with one attached hydrogen (secondary N) is 1. The summed E-state index contributed by atoms with van der Waals surface area (Å²) in [5.74, 6) is 1.07. The molecule has 0 heterocycles. The topological polar surface area (TPSA) is 75.4 Å². The van der Waals surface area contributed by atoms with Crippen molar-refractivity contribution < 1.29 is 9.90 Å². The molecule has 0 aliphatic heterocycles. The summed E-state index contributed by atoms with van der Waals surface area (Å²) in [4.78, 5) is 12.7. The number of hydrogen-bond acceptors (Lipinski definition) is 3. The zero-order valence-electron chi connectivity index (χ0n) is 12.7. The van der Waals surface area contributed by atoms with Gasteiger partial charge in [0.15, 0.2) is 0 Å². The van der Waals surface area contributed by atoms with Crippen LogP contribution in [-0.4, -0.2) is 30.2 Å². The molecular weight excluding hydrogens is 252 g/mol. The first-order valence-electron chi connectivity index (χ1n) is 8.23. The molecule has 116 valence electrons. The fourth-order valence-electron chi connectivity index (χ4n) is 3.78. The lowest BCUT2D eigenvalue weighted by Gasteiger charge is -2.40. The number of carbonyl (C=O) groups is 1. The molecule has 1 amide bonds. The number of hydrogen-bond donors (Lipinski definition) is 3. The van der Waals surface area contributed by atoms with Crippen LogP contribution in [0.25, 0.3) is 0 Å². The molecule has 4 N–H and O–H groups in total. The molecular formula is C16H30N2O2. The quantitative estimate of drug-likeness (QED) is 0.736. The zero-order valence-corrected chi connectivity index (χ0v) is 12.7. The highest BCUT2D eigenvalue weighted by molar-refractivity contribution is 5.83. The predicted octanol–water partition coefficient (Wildman–Crippen LogP) is 1.81. The molecule has 0 spiro atoms. The zero-order chi connectivity index (χ0) is 14.6. The van der Waals surface area contributed by atoms with Gasteiger partial charge in [0.1, 0.15) is 0 Å². The molecule has 2 atom stereocenters. The van der Waals surface area contributed by atoms with Crippen LogP contribution in [0.15, 0.2) is 0 Å². The summed E-state index contributed by atoms with van der Waals surface area (Å²) < 4.78 is 0. The van der Waals surface area contributed by atoms with Gasteiger partial charge in [-0.1, -0.05) is 19.8 Å². The first kappa shape index (κ1) is 15.8. The van der Waals surface area contributed by atoms with Crippen molar-refractivity contribution in [2.24, 2.45) is 23.0 Å². The second-order valence-electron chi connectivity index (χ2n) is 6.97. The van der Waals surface area contributed by atoms with Gasteiger partial charge in [-0.15, -0.1) is 0 Å². The van der Waals surface area contributed by atoms with Crippen molar-refractivity contribution in [2.75, 3.05) is 13.2 Å². The smallest absolute Gasteiger partial charge is 0.227 e. The molecule has 0 aromatic heterocycles. The van der Waals surface area contributed by atoms with Gasteiger partial charge in [-0.05, 0) is 44.4 Å². The van der Waals surface area contributed by atoms with E-state index < -0.39 is 0 Å². The molecule has 2 aliphatic rings. The van der Waals surface area contributed by atoms with E-state index in [9.17, 15) is 9.90 Å². The molecule has 0 radical (unpaired) electrons. The van der Waals surface area contributed by atoms with Crippen LogP contribution >= 0.6 is 0 Å². The van der Waals surface area contributed by atoms with E-state index in [2.05, 4.69) is 12.2 Å². The van der Waals surface area contributed by atoms with Crippen LogP contribution in [0, 0.1) is 17.3 Å². The first-order chi connectivity index (χ1) is 9.61.